The first-order valence-corrected chi connectivity index (χ1v) is 10.4. The number of fused-ring (bicyclic) bond motifs is 1. The zero-order valence-corrected chi connectivity index (χ0v) is 18.3. The number of hydrogen-bond donors (Lipinski definition) is 0. The Bertz CT molecular complexity index is 546. The molecule has 0 bridgehead atoms. The van der Waals surface area contributed by atoms with Crippen molar-refractivity contribution in [3.63, 3.8) is 0 Å². The van der Waals surface area contributed by atoms with E-state index in [0.29, 0.717) is 10.1 Å². The second-order valence-corrected chi connectivity index (χ2v) is 9.84. The predicted octanol–water partition coefficient (Wildman–Crippen LogP) is -0.629. The minimum atomic E-state index is -0.678. The van der Waals surface area contributed by atoms with Crippen LogP contribution in [0, 0.1) is 11.3 Å². The zero-order chi connectivity index (χ0) is 15.9. The van der Waals surface area contributed by atoms with Gasteiger partial charge in [0.25, 0.3) is 0 Å². The summed E-state index contributed by atoms with van der Waals surface area (Å²) in [6.07, 6.45) is 9.12. The second kappa shape index (κ2) is 8.76. The summed E-state index contributed by atoms with van der Waals surface area (Å²) in [6.45, 7) is 8.25. The molecule has 0 aliphatic heterocycles. The third-order valence-corrected chi connectivity index (χ3v) is 7.27. The molecular formula is C19H28Cl2O2Ti. The fraction of sp³-hybridized carbons (Fsp3) is 0.737. The van der Waals surface area contributed by atoms with Crippen molar-refractivity contribution >= 4 is 5.97 Å². The third-order valence-electron chi connectivity index (χ3n) is 5.41. The first-order chi connectivity index (χ1) is 10.4. The fourth-order valence-corrected chi connectivity index (χ4v) is 6.45. The number of rotatable bonds is 2. The van der Waals surface area contributed by atoms with Crippen LogP contribution in [0.3, 0.4) is 0 Å². The fourth-order valence-electron chi connectivity index (χ4n) is 4.22. The first kappa shape index (κ1) is 22.3. The third kappa shape index (κ3) is 4.31. The Morgan fingerprint density at radius 1 is 1.04 bits per heavy atom. The average molecular weight is 407 g/mol. The van der Waals surface area contributed by atoms with E-state index < -0.39 is 19.5 Å². The minimum Gasteiger partial charge on any atom is -1.00 e. The Kier molecular flexibility index (Phi) is 8.13. The van der Waals surface area contributed by atoms with Gasteiger partial charge in [0.2, 0.25) is 0 Å². The molecule has 0 saturated carbocycles. The molecule has 0 spiro atoms. The van der Waals surface area contributed by atoms with Crippen molar-refractivity contribution in [2.24, 2.45) is 11.3 Å². The van der Waals surface area contributed by atoms with Crippen LogP contribution in [0.5, 0.6) is 0 Å². The van der Waals surface area contributed by atoms with Gasteiger partial charge in [-0.25, -0.2) is 0 Å². The SMILES string of the molecule is CC1C2=C(CCCC2)C2=C1[CH]([Ti+2][O]C(=O)C(C)(C)C)CCC2.[Cl-].[Cl-]. The maximum absolute atomic E-state index is 12.1. The van der Waals surface area contributed by atoms with Crippen LogP contribution in [0.25, 0.3) is 0 Å². The normalized spacial score (nSPS) is 25.8. The van der Waals surface area contributed by atoms with Crippen molar-refractivity contribution < 1.29 is 52.5 Å². The number of allylic oxidation sites excluding steroid dienone is 4. The predicted molar refractivity (Wildman–Crippen MR) is 84.8 cm³/mol. The molecule has 0 aromatic carbocycles. The summed E-state index contributed by atoms with van der Waals surface area (Å²) in [5.74, 6) is 0.622. The van der Waals surface area contributed by atoms with Gasteiger partial charge in [-0.1, -0.05) is 0 Å². The van der Waals surface area contributed by atoms with Gasteiger partial charge >= 0.3 is 144 Å². The van der Waals surface area contributed by atoms with Crippen LogP contribution in [-0.2, 0) is 27.7 Å². The summed E-state index contributed by atoms with van der Waals surface area (Å²) in [5, 5.41) is 0. The van der Waals surface area contributed by atoms with Crippen LogP contribution >= 0.6 is 0 Å². The van der Waals surface area contributed by atoms with E-state index in [9.17, 15) is 4.79 Å². The summed E-state index contributed by atoms with van der Waals surface area (Å²) in [6, 6.07) is 0. The molecule has 3 aliphatic rings. The van der Waals surface area contributed by atoms with Gasteiger partial charge in [0.1, 0.15) is 0 Å². The van der Waals surface area contributed by atoms with Gasteiger partial charge in [0.15, 0.2) is 0 Å². The van der Waals surface area contributed by atoms with Gasteiger partial charge in [-0.05, 0) is 0 Å². The van der Waals surface area contributed by atoms with E-state index in [1.165, 1.54) is 44.9 Å². The average Bonchev–Trinajstić information content (AvgIpc) is 2.78. The smallest absolute Gasteiger partial charge is 1.00 e. The van der Waals surface area contributed by atoms with Crippen LogP contribution in [0.2, 0.25) is 4.22 Å². The molecule has 24 heavy (non-hydrogen) atoms. The monoisotopic (exact) mass is 406 g/mol. The van der Waals surface area contributed by atoms with Gasteiger partial charge in [0, 0.05) is 0 Å². The molecule has 3 rings (SSSR count). The summed E-state index contributed by atoms with van der Waals surface area (Å²) in [7, 11) is 0. The molecule has 2 unspecified atom stereocenters. The molecule has 3 aliphatic carbocycles. The molecule has 2 nitrogen and oxygen atoms in total. The van der Waals surface area contributed by atoms with E-state index in [2.05, 4.69) is 6.92 Å². The molecule has 5 heteroatoms. The molecule has 0 saturated heterocycles. The Hall–Kier alpha value is 0.244. The standard InChI is InChI=1S/C14H19.C5H10O2.2ClH.Ti/c1-10-11-6-2-4-8-13(11)14-9-5-3-7-12(10)14;1-5(2,3)4(6)7;;;/h6,10H,2-5,7-9H2,1H3;1-3H3,(H,6,7);2*1H;/q;;;;+3/p-3. The van der Waals surface area contributed by atoms with Gasteiger partial charge in [-0.3, -0.25) is 0 Å². The van der Waals surface area contributed by atoms with Crippen molar-refractivity contribution in [1.82, 2.24) is 0 Å². The number of carbonyl (C=O) groups excluding carboxylic acids is 1. The maximum atomic E-state index is 12.1. The van der Waals surface area contributed by atoms with E-state index in [1.807, 2.05) is 20.8 Å². The quantitative estimate of drug-likeness (QED) is 0.571. The first-order valence-electron chi connectivity index (χ1n) is 8.81. The largest absolute Gasteiger partial charge is 1.00 e. The second-order valence-electron chi connectivity index (χ2n) is 8.07. The van der Waals surface area contributed by atoms with Crippen LogP contribution in [0.15, 0.2) is 22.3 Å². The molecule has 2 atom stereocenters. The number of carbonyl (C=O) groups is 1. The van der Waals surface area contributed by atoms with E-state index in [-0.39, 0.29) is 36.2 Å². The van der Waals surface area contributed by atoms with Crippen molar-refractivity contribution in [2.45, 2.75) is 76.9 Å². The molecule has 0 heterocycles. The molecule has 0 amide bonds. The zero-order valence-electron chi connectivity index (χ0n) is 15.2. The molecule has 0 N–H and O–H groups in total. The van der Waals surface area contributed by atoms with Gasteiger partial charge in [-0.15, -0.1) is 0 Å². The Morgan fingerprint density at radius 2 is 1.67 bits per heavy atom. The van der Waals surface area contributed by atoms with Crippen molar-refractivity contribution in [1.29, 1.82) is 0 Å². The van der Waals surface area contributed by atoms with Crippen LogP contribution in [0.1, 0.15) is 72.6 Å². The number of halogens is 2. The van der Waals surface area contributed by atoms with Crippen LogP contribution in [0.4, 0.5) is 0 Å². The summed E-state index contributed by atoms with van der Waals surface area (Å²) >= 11 is -0.678. The molecule has 0 aromatic heterocycles. The van der Waals surface area contributed by atoms with E-state index >= 15 is 0 Å². The van der Waals surface area contributed by atoms with Crippen LogP contribution in [-0.4, -0.2) is 5.97 Å². The Balaban J connectivity index is 0.00000144. The topological polar surface area (TPSA) is 26.3 Å². The minimum absolute atomic E-state index is 0. The molecule has 134 valence electrons. The molecule has 0 fully saturated rings. The van der Waals surface area contributed by atoms with Gasteiger partial charge in [-0.2, -0.15) is 0 Å². The van der Waals surface area contributed by atoms with Gasteiger partial charge < -0.3 is 24.8 Å². The van der Waals surface area contributed by atoms with Crippen molar-refractivity contribution in [3.05, 3.63) is 22.3 Å². The molecule has 0 radical (unpaired) electrons. The summed E-state index contributed by atoms with van der Waals surface area (Å²) in [5.41, 5.74) is 6.45. The molecular weight excluding hydrogens is 379 g/mol. The summed E-state index contributed by atoms with van der Waals surface area (Å²) < 4.78 is 6.37. The van der Waals surface area contributed by atoms with E-state index in [1.54, 1.807) is 22.3 Å². The number of hydrogen-bond acceptors (Lipinski definition) is 2. The van der Waals surface area contributed by atoms with Gasteiger partial charge in [0.05, 0.1) is 0 Å². The van der Waals surface area contributed by atoms with Crippen LogP contribution < -0.4 is 24.8 Å². The van der Waals surface area contributed by atoms with E-state index in [4.69, 9.17) is 3.32 Å². The summed E-state index contributed by atoms with van der Waals surface area (Å²) in [4.78, 5) is 12.1. The Morgan fingerprint density at radius 3 is 2.33 bits per heavy atom. The Labute approximate surface area is 168 Å². The van der Waals surface area contributed by atoms with Crippen molar-refractivity contribution in [2.75, 3.05) is 0 Å². The molecule has 0 aromatic rings. The van der Waals surface area contributed by atoms with Crippen molar-refractivity contribution in [3.8, 4) is 0 Å². The van der Waals surface area contributed by atoms with E-state index in [0.717, 1.165) is 0 Å². The maximum Gasteiger partial charge on any atom is -1.00 e.